The van der Waals surface area contributed by atoms with Crippen LogP contribution in [0.1, 0.15) is 18.5 Å². The van der Waals surface area contributed by atoms with E-state index in [-0.39, 0.29) is 18.2 Å². The fraction of sp³-hybridized carbons (Fsp3) is 0.471. The van der Waals surface area contributed by atoms with Gasteiger partial charge in [0.2, 0.25) is 11.8 Å². The monoisotopic (exact) mass is 348 g/mol. The van der Waals surface area contributed by atoms with Gasteiger partial charge >= 0.3 is 5.97 Å². The summed E-state index contributed by atoms with van der Waals surface area (Å²) in [5.74, 6) is -3.48. The summed E-state index contributed by atoms with van der Waals surface area (Å²) >= 11 is 0. The predicted molar refractivity (Wildman–Crippen MR) is 85.2 cm³/mol. The van der Waals surface area contributed by atoms with Crippen molar-refractivity contribution in [1.29, 1.82) is 0 Å². The molecule has 4 unspecified atom stereocenters. The Bertz CT molecular complexity index is 718. The molecular formula is C17H20N2O6. The summed E-state index contributed by atoms with van der Waals surface area (Å²) in [7, 11) is 1.17. The summed E-state index contributed by atoms with van der Waals surface area (Å²) < 4.78 is 4.81. The zero-order valence-electron chi connectivity index (χ0n) is 13.9. The molecule has 2 saturated heterocycles. The van der Waals surface area contributed by atoms with Gasteiger partial charge < -0.3 is 14.9 Å². The second-order valence-corrected chi connectivity index (χ2v) is 6.26. The van der Waals surface area contributed by atoms with E-state index in [1.54, 1.807) is 19.1 Å². The first kappa shape index (κ1) is 17.4. The minimum Gasteiger partial charge on any atom is -0.508 e. The molecule has 0 aliphatic carbocycles. The Morgan fingerprint density at radius 1 is 1.28 bits per heavy atom. The molecule has 0 saturated carbocycles. The number of amides is 2. The average Bonchev–Trinajstić information content (AvgIpc) is 3.10. The van der Waals surface area contributed by atoms with Gasteiger partial charge in [0.25, 0.3) is 0 Å². The van der Waals surface area contributed by atoms with Gasteiger partial charge in [-0.2, -0.15) is 0 Å². The van der Waals surface area contributed by atoms with Crippen molar-refractivity contribution < 1.29 is 29.3 Å². The second-order valence-electron chi connectivity index (χ2n) is 6.26. The number of carbonyl (C=O) groups is 3. The molecule has 134 valence electrons. The van der Waals surface area contributed by atoms with Crippen LogP contribution in [0.25, 0.3) is 0 Å². The number of hydrogen-bond acceptors (Lipinski definition) is 7. The van der Waals surface area contributed by atoms with Crippen molar-refractivity contribution in [2.24, 2.45) is 11.8 Å². The van der Waals surface area contributed by atoms with Crippen LogP contribution in [0.3, 0.4) is 0 Å². The highest BCUT2D eigenvalue weighted by Crippen LogP contribution is 2.49. The maximum atomic E-state index is 12.8. The standard InChI is InChI=1S/C17H20N2O6/c1-3-19-14(22)11-12(15(19)23)17(8-20,16(24)25-2)18-13(11)9-4-6-10(21)7-5-9/h4-7,11-13,18,20-21H,3,8H2,1-2H3. The summed E-state index contributed by atoms with van der Waals surface area (Å²) in [6, 6.07) is 5.48. The lowest BCUT2D eigenvalue weighted by Crippen LogP contribution is -2.58. The van der Waals surface area contributed by atoms with Crippen molar-refractivity contribution in [2.45, 2.75) is 18.5 Å². The number of aliphatic hydroxyl groups excluding tert-OH is 1. The van der Waals surface area contributed by atoms with Crippen molar-refractivity contribution in [3.05, 3.63) is 29.8 Å². The summed E-state index contributed by atoms with van der Waals surface area (Å²) in [4.78, 5) is 39.1. The van der Waals surface area contributed by atoms with Gasteiger partial charge in [0.1, 0.15) is 5.75 Å². The van der Waals surface area contributed by atoms with Gasteiger partial charge in [0.05, 0.1) is 25.6 Å². The highest BCUT2D eigenvalue weighted by molar-refractivity contribution is 6.09. The molecule has 25 heavy (non-hydrogen) atoms. The van der Waals surface area contributed by atoms with E-state index in [9.17, 15) is 24.6 Å². The molecule has 0 aromatic heterocycles. The molecule has 0 spiro atoms. The molecular weight excluding hydrogens is 328 g/mol. The van der Waals surface area contributed by atoms with Crippen LogP contribution in [0.15, 0.2) is 24.3 Å². The molecule has 0 radical (unpaired) electrons. The molecule has 2 aliphatic heterocycles. The van der Waals surface area contributed by atoms with Crippen LogP contribution in [0, 0.1) is 11.8 Å². The number of esters is 1. The predicted octanol–water partition coefficient (Wildman–Crippen LogP) is -0.438. The van der Waals surface area contributed by atoms with Crippen molar-refractivity contribution in [2.75, 3.05) is 20.3 Å². The van der Waals surface area contributed by atoms with Gasteiger partial charge in [-0.25, -0.2) is 4.79 Å². The molecule has 0 bridgehead atoms. The number of nitrogens with one attached hydrogen (secondary N) is 1. The Morgan fingerprint density at radius 3 is 2.44 bits per heavy atom. The van der Waals surface area contributed by atoms with Gasteiger partial charge in [-0.05, 0) is 24.6 Å². The van der Waals surface area contributed by atoms with E-state index in [2.05, 4.69) is 5.32 Å². The lowest BCUT2D eigenvalue weighted by molar-refractivity contribution is -0.156. The summed E-state index contributed by atoms with van der Waals surface area (Å²) in [5.41, 5.74) is -1.05. The highest BCUT2D eigenvalue weighted by Gasteiger charge is 2.68. The van der Waals surface area contributed by atoms with Crippen LogP contribution >= 0.6 is 0 Å². The van der Waals surface area contributed by atoms with E-state index < -0.39 is 41.9 Å². The van der Waals surface area contributed by atoms with Gasteiger partial charge in [-0.1, -0.05) is 12.1 Å². The number of aliphatic hydroxyl groups is 1. The minimum absolute atomic E-state index is 0.0590. The van der Waals surface area contributed by atoms with Gasteiger partial charge in [-0.15, -0.1) is 0 Å². The van der Waals surface area contributed by atoms with Gasteiger partial charge in [0, 0.05) is 12.6 Å². The first-order chi connectivity index (χ1) is 11.9. The van der Waals surface area contributed by atoms with Crippen molar-refractivity contribution in [1.82, 2.24) is 10.2 Å². The lowest BCUT2D eigenvalue weighted by atomic mass is 9.79. The minimum atomic E-state index is -1.68. The van der Waals surface area contributed by atoms with E-state index in [0.29, 0.717) is 5.56 Å². The normalized spacial score (nSPS) is 31.3. The number of rotatable bonds is 4. The first-order valence-corrected chi connectivity index (χ1v) is 8.02. The fourth-order valence-electron chi connectivity index (χ4n) is 3.92. The summed E-state index contributed by atoms with van der Waals surface area (Å²) in [6.07, 6.45) is 0. The maximum Gasteiger partial charge on any atom is 0.329 e. The van der Waals surface area contributed by atoms with E-state index in [0.717, 1.165) is 4.90 Å². The zero-order chi connectivity index (χ0) is 18.4. The number of carbonyl (C=O) groups excluding carboxylic acids is 3. The van der Waals surface area contributed by atoms with E-state index in [1.807, 2.05) is 0 Å². The largest absolute Gasteiger partial charge is 0.508 e. The van der Waals surface area contributed by atoms with Gasteiger partial charge in [0.15, 0.2) is 5.54 Å². The maximum absolute atomic E-state index is 12.8. The molecule has 2 fully saturated rings. The number of likely N-dealkylation sites (tertiary alicyclic amines) is 1. The Labute approximate surface area is 144 Å². The average molecular weight is 348 g/mol. The van der Waals surface area contributed by atoms with Crippen LogP contribution in [0.5, 0.6) is 5.75 Å². The molecule has 4 atom stereocenters. The van der Waals surface area contributed by atoms with Crippen molar-refractivity contribution in [3.63, 3.8) is 0 Å². The summed E-state index contributed by atoms with van der Waals surface area (Å²) in [6.45, 7) is 1.19. The SMILES string of the molecule is CCN1C(=O)C2C(c3ccc(O)cc3)NC(CO)(C(=O)OC)C2C1=O. The third-order valence-electron chi connectivity index (χ3n) is 5.11. The zero-order valence-corrected chi connectivity index (χ0v) is 13.9. The molecule has 2 heterocycles. The fourth-order valence-corrected chi connectivity index (χ4v) is 3.92. The quantitative estimate of drug-likeness (QED) is 0.499. The Hall–Kier alpha value is -2.45. The molecule has 1 aromatic carbocycles. The molecule has 8 heteroatoms. The van der Waals surface area contributed by atoms with E-state index in [4.69, 9.17) is 4.74 Å². The second kappa shape index (κ2) is 6.12. The van der Waals surface area contributed by atoms with Crippen LogP contribution in [-0.2, 0) is 19.1 Å². The smallest absolute Gasteiger partial charge is 0.329 e. The number of benzene rings is 1. The number of imide groups is 1. The van der Waals surface area contributed by atoms with Crippen LogP contribution < -0.4 is 5.32 Å². The third kappa shape index (κ3) is 2.32. The number of phenols is 1. The van der Waals surface area contributed by atoms with Crippen LogP contribution in [0.4, 0.5) is 0 Å². The number of phenolic OH excluding ortho intramolecular Hbond substituents is 1. The van der Waals surface area contributed by atoms with E-state index >= 15 is 0 Å². The number of nitrogens with zero attached hydrogens (tertiary/aromatic N) is 1. The molecule has 8 nitrogen and oxygen atoms in total. The molecule has 1 aromatic rings. The Kier molecular flexibility index (Phi) is 4.26. The number of methoxy groups -OCH3 is 1. The lowest BCUT2D eigenvalue weighted by Gasteiger charge is -2.30. The van der Waals surface area contributed by atoms with Crippen LogP contribution in [-0.4, -0.2) is 58.7 Å². The van der Waals surface area contributed by atoms with Gasteiger partial charge in [-0.3, -0.25) is 19.8 Å². The molecule has 2 aliphatic rings. The summed E-state index contributed by atoms with van der Waals surface area (Å²) in [5, 5.41) is 22.4. The first-order valence-electron chi connectivity index (χ1n) is 8.02. The molecule has 2 amide bonds. The highest BCUT2D eigenvalue weighted by atomic mass is 16.5. The third-order valence-corrected chi connectivity index (χ3v) is 5.11. The number of aromatic hydroxyl groups is 1. The Balaban J connectivity index is 2.13. The number of ether oxygens (including phenoxy) is 1. The molecule has 3 N–H and O–H groups in total. The number of fused-ring (bicyclic) bond motifs is 1. The Morgan fingerprint density at radius 2 is 1.92 bits per heavy atom. The number of hydrogen-bond donors (Lipinski definition) is 3. The van der Waals surface area contributed by atoms with E-state index in [1.165, 1.54) is 19.2 Å². The van der Waals surface area contributed by atoms with Crippen LogP contribution in [0.2, 0.25) is 0 Å². The van der Waals surface area contributed by atoms with Crippen molar-refractivity contribution >= 4 is 17.8 Å². The molecule has 3 rings (SSSR count). The topological polar surface area (TPSA) is 116 Å². The van der Waals surface area contributed by atoms with Crippen molar-refractivity contribution in [3.8, 4) is 5.75 Å².